The molecule has 3 heteroatoms. The summed E-state index contributed by atoms with van der Waals surface area (Å²) in [7, 11) is 0. The third-order valence-electron chi connectivity index (χ3n) is 2.41. The molecule has 3 nitrogen and oxygen atoms in total. The number of amides is 1. The van der Waals surface area contributed by atoms with Crippen molar-refractivity contribution in [2.24, 2.45) is 11.8 Å². The van der Waals surface area contributed by atoms with Crippen molar-refractivity contribution in [2.75, 3.05) is 13.2 Å². The van der Waals surface area contributed by atoms with Crippen molar-refractivity contribution in [2.45, 2.75) is 19.8 Å². The molecule has 11 heavy (non-hydrogen) atoms. The summed E-state index contributed by atoms with van der Waals surface area (Å²) in [5.41, 5.74) is 0. The quantitative estimate of drug-likeness (QED) is 0.612. The summed E-state index contributed by atoms with van der Waals surface area (Å²) in [6.07, 6.45) is 1.63. The lowest BCUT2D eigenvalue weighted by Gasteiger charge is -2.12. The van der Waals surface area contributed by atoms with E-state index in [1.807, 2.05) is 0 Å². The molecule has 0 aliphatic carbocycles. The van der Waals surface area contributed by atoms with Crippen molar-refractivity contribution >= 4 is 5.91 Å². The minimum absolute atomic E-state index is 0.0602. The van der Waals surface area contributed by atoms with Gasteiger partial charge in [-0.05, 0) is 12.3 Å². The first kappa shape index (κ1) is 8.53. The Morgan fingerprint density at radius 2 is 2.45 bits per heavy atom. The van der Waals surface area contributed by atoms with Gasteiger partial charge in [0.25, 0.3) is 0 Å². The van der Waals surface area contributed by atoms with Crippen molar-refractivity contribution in [3.05, 3.63) is 0 Å². The maximum Gasteiger partial charge on any atom is 0.223 e. The number of nitrogens with one attached hydrogen (secondary N) is 1. The van der Waals surface area contributed by atoms with Gasteiger partial charge < -0.3 is 10.4 Å². The SMILES string of the molecule is CCC1CNC(=O)C1CCO. The first-order valence-electron chi connectivity index (χ1n) is 4.18. The molecule has 0 radical (unpaired) electrons. The van der Waals surface area contributed by atoms with Crippen LogP contribution >= 0.6 is 0 Å². The Hall–Kier alpha value is -0.570. The molecule has 1 heterocycles. The van der Waals surface area contributed by atoms with Crippen molar-refractivity contribution < 1.29 is 9.90 Å². The Balaban J connectivity index is 2.49. The summed E-state index contributed by atoms with van der Waals surface area (Å²) in [5, 5.41) is 11.5. The molecule has 0 spiro atoms. The Morgan fingerprint density at radius 3 is 3.00 bits per heavy atom. The van der Waals surface area contributed by atoms with Crippen LogP contribution in [0.2, 0.25) is 0 Å². The zero-order chi connectivity index (χ0) is 8.27. The number of carbonyl (C=O) groups is 1. The average molecular weight is 157 g/mol. The Labute approximate surface area is 66.8 Å². The van der Waals surface area contributed by atoms with Crippen LogP contribution < -0.4 is 5.32 Å². The molecule has 2 atom stereocenters. The fourth-order valence-corrected chi connectivity index (χ4v) is 1.65. The highest BCUT2D eigenvalue weighted by atomic mass is 16.3. The van der Waals surface area contributed by atoms with Gasteiger partial charge in [-0.2, -0.15) is 0 Å². The normalized spacial score (nSPS) is 30.5. The highest BCUT2D eigenvalue weighted by molar-refractivity contribution is 5.81. The number of aliphatic hydroxyl groups excluding tert-OH is 1. The van der Waals surface area contributed by atoms with Gasteiger partial charge >= 0.3 is 0 Å². The molecule has 0 aromatic carbocycles. The molecule has 1 saturated heterocycles. The molecule has 1 fully saturated rings. The molecular formula is C8H15NO2. The average Bonchev–Trinajstić information content (AvgIpc) is 2.34. The minimum atomic E-state index is 0.0602. The third kappa shape index (κ3) is 1.71. The Bertz CT molecular complexity index is 147. The van der Waals surface area contributed by atoms with Crippen LogP contribution in [0.5, 0.6) is 0 Å². The van der Waals surface area contributed by atoms with E-state index in [0.29, 0.717) is 12.3 Å². The number of hydrogen-bond acceptors (Lipinski definition) is 2. The number of hydrogen-bond donors (Lipinski definition) is 2. The molecule has 64 valence electrons. The minimum Gasteiger partial charge on any atom is -0.396 e. The van der Waals surface area contributed by atoms with Gasteiger partial charge in [0.1, 0.15) is 0 Å². The van der Waals surface area contributed by atoms with E-state index in [1.54, 1.807) is 0 Å². The third-order valence-corrected chi connectivity index (χ3v) is 2.41. The summed E-state index contributed by atoms with van der Waals surface area (Å²) in [5.74, 6) is 0.616. The van der Waals surface area contributed by atoms with Gasteiger partial charge in [-0.3, -0.25) is 4.79 Å². The van der Waals surface area contributed by atoms with E-state index in [2.05, 4.69) is 12.2 Å². The largest absolute Gasteiger partial charge is 0.396 e. The fourth-order valence-electron chi connectivity index (χ4n) is 1.65. The van der Waals surface area contributed by atoms with Crippen molar-refractivity contribution in [3.8, 4) is 0 Å². The van der Waals surface area contributed by atoms with Gasteiger partial charge in [-0.25, -0.2) is 0 Å². The summed E-state index contributed by atoms with van der Waals surface area (Å²) < 4.78 is 0. The highest BCUT2D eigenvalue weighted by Gasteiger charge is 2.32. The lowest BCUT2D eigenvalue weighted by atomic mass is 9.91. The second-order valence-corrected chi connectivity index (χ2v) is 3.03. The Morgan fingerprint density at radius 1 is 1.73 bits per heavy atom. The maximum absolute atomic E-state index is 11.1. The maximum atomic E-state index is 11.1. The van der Waals surface area contributed by atoms with Crippen LogP contribution in [0.1, 0.15) is 19.8 Å². The highest BCUT2D eigenvalue weighted by Crippen LogP contribution is 2.23. The van der Waals surface area contributed by atoms with Gasteiger partial charge in [0.2, 0.25) is 5.91 Å². The number of rotatable bonds is 3. The summed E-state index contributed by atoms with van der Waals surface area (Å²) >= 11 is 0. The van der Waals surface area contributed by atoms with Crippen molar-refractivity contribution in [1.82, 2.24) is 5.32 Å². The molecule has 1 aliphatic rings. The van der Waals surface area contributed by atoms with Crippen LogP contribution in [-0.4, -0.2) is 24.2 Å². The summed E-state index contributed by atoms with van der Waals surface area (Å²) in [6, 6.07) is 0. The van der Waals surface area contributed by atoms with Gasteiger partial charge in [0.05, 0.1) is 0 Å². The molecule has 0 aromatic heterocycles. The van der Waals surface area contributed by atoms with Crippen molar-refractivity contribution in [3.63, 3.8) is 0 Å². The molecule has 2 unspecified atom stereocenters. The molecule has 0 bridgehead atoms. The topological polar surface area (TPSA) is 49.3 Å². The molecule has 2 N–H and O–H groups in total. The molecule has 1 amide bonds. The van der Waals surface area contributed by atoms with Crippen LogP contribution in [-0.2, 0) is 4.79 Å². The van der Waals surface area contributed by atoms with E-state index < -0.39 is 0 Å². The molecule has 1 rings (SSSR count). The number of aliphatic hydroxyl groups is 1. The van der Waals surface area contributed by atoms with Crippen LogP contribution in [0.4, 0.5) is 0 Å². The predicted octanol–water partition coefficient (Wildman–Crippen LogP) is 0.141. The van der Waals surface area contributed by atoms with Crippen LogP contribution in [0.3, 0.4) is 0 Å². The van der Waals surface area contributed by atoms with Gasteiger partial charge in [0, 0.05) is 19.1 Å². The number of carbonyl (C=O) groups excluding carboxylic acids is 1. The van der Waals surface area contributed by atoms with E-state index in [4.69, 9.17) is 5.11 Å². The Kier molecular flexibility index (Phi) is 2.88. The first-order chi connectivity index (χ1) is 5.29. The van der Waals surface area contributed by atoms with E-state index in [1.165, 1.54) is 0 Å². The summed E-state index contributed by atoms with van der Waals surface area (Å²) in [4.78, 5) is 11.1. The van der Waals surface area contributed by atoms with Crippen LogP contribution in [0, 0.1) is 11.8 Å². The zero-order valence-electron chi connectivity index (χ0n) is 6.84. The van der Waals surface area contributed by atoms with Crippen LogP contribution in [0.25, 0.3) is 0 Å². The standard InChI is InChI=1S/C8H15NO2/c1-2-6-5-9-8(11)7(6)3-4-10/h6-7,10H,2-5H2,1H3,(H,9,11). The van der Waals surface area contributed by atoms with E-state index in [0.717, 1.165) is 13.0 Å². The second kappa shape index (κ2) is 3.72. The molecule has 0 aromatic rings. The molecule has 0 saturated carbocycles. The van der Waals surface area contributed by atoms with Gasteiger partial charge in [-0.15, -0.1) is 0 Å². The first-order valence-corrected chi connectivity index (χ1v) is 4.18. The molecule has 1 aliphatic heterocycles. The second-order valence-electron chi connectivity index (χ2n) is 3.03. The smallest absolute Gasteiger partial charge is 0.223 e. The van der Waals surface area contributed by atoms with Crippen molar-refractivity contribution in [1.29, 1.82) is 0 Å². The van der Waals surface area contributed by atoms with E-state index in [9.17, 15) is 4.79 Å². The van der Waals surface area contributed by atoms with E-state index in [-0.39, 0.29) is 18.4 Å². The van der Waals surface area contributed by atoms with Gasteiger partial charge in [0.15, 0.2) is 0 Å². The molecular weight excluding hydrogens is 142 g/mol. The van der Waals surface area contributed by atoms with E-state index >= 15 is 0 Å². The lowest BCUT2D eigenvalue weighted by Crippen LogP contribution is -2.20. The monoisotopic (exact) mass is 157 g/mol. The zero-order valence-corrected chi connectivity index (χ0v) is 6.84. The lowest BCUT2D eigenvalue weighted by molar-refractivity contribution is -0.123. The van der Waals surface area contributed by atoms with Crippen LogP contribution in [0.15, 0.2) is 0 Å². The fraction of sp³-hybridized carbons (Fsp3) is 0.875. The van der Waals surface area contributed by atoms with Gasteiger partial charge in [-0.1, -0.05) is 13.3 Å². The predicted molar refractivity (Wildman–Crippen MR) is 42.0 cm³/mol. The summed E-state index contributed by atoms with van der Waals surface area (Å²) in [6.45, 7) is 2.99.